The maximum atomic E-state index is 4.46. The van der Waals surface area contributed by atoms with Gasteiger partial charge in [-0.3, -0.25) is 0 Å². The van der Waals surface area contributed by atoms with E-state index in [0.29, 0.717) is 5.92 Å². The lowest BCUT2D eigenvalue weighted by molar-refractivity contribution is 0.605. The predicted molar refractivity (Wildman–Crippen MR) is 61.3 cm³/mol. The Hall–Kier alpha value is -1.05. The van der Waals surface area contributed by atoms with Gasteiger partial charge in [0, 0.05) is 12.5 Å². The number of aromatic nitrogens is 2. The van der Waals surface area contributed by atoms with Crippen molar-refractivity contribution in [3.63, 3.8) is 0 Å². The average molecular weight is 192 g/mol. The minimum absolute atomic E-state index is 0.481. The van der Waals surface area contributed by atoms with Crippen molar-refractivity contribution in [2.24, 2.45) is 0 Å². The third kappa shape index (κ3) is 2.06. The predicted octanol–water partition coefficient (Wildman–Crippen LogP) is 3.45. The van der Waals surface area contributed by atoms with Crippen LogP contribution in [0.1, 0.15) is 51.6 Å². The molecule has 0 N–H and O–H groups in total. The van der Waals surface area contributed by atoms with Crippen LogP contribution in [0.25, 0.3) is 5.57 Å². The molecule has 1 aromatic heterocycles. The first kappa shape index (κ1) is 11.0. The first-order chi connectivity index (χ1) is 6.57. The molecule has 0 aliphatic heterocycles. The molecule has 0 spiro atoms. The molecule has 0 unspecified atom stereocenters. The average Bonchev–Trinajstić information content (AvgIpc) is 2.48. The van der Waals surface area contributed by atoms with Crippen LogP contribution in [0.4, 0.5) is 0 Å². The second-order valence-electron chi connectivity index (χ2n) is 4.09. The zero-order valence-corrected chi connectivity index (χ0v) is 9.67. The molecule has 0 bridgehead atoms. The van der Waals surface area contributed by atoms with Crippen LogP contribution >= 0.6 is 0 Å². The van der Waals surface area contributed by atoms with Crippen LogP contribution in [0, 0.1) is 0 Å². The summed E-state index contributed by atoms with van der Waals surface area (Å²) in [5.41, 5.74) is 2.27. The van der Waals surface area contributed by atoms with E-state index in [-0.39, 0.29) is 0 Å². The van der Waals surface area contributed by atoms with E-state index in [1.54, 1.807) is 0 Å². The Morgan fingerprint density at radius 1 is 1.57 bits per heavy atom. The van der Waals surface area contributed by atoms with Gasteiger partial charge in [0.25, 0.3) is 0 Å². The Labute approximate surface area is 86.7 Å². The fraction of sp³-hybridized carbons (Fsp3) is 0.583. The van der Waals surface area contributed by atoms with Crippen molar-refractivity contribution in [1.82, 2.24) is 9.55 Å². The van der Waals surface area contributed by atoms with E-state index in [4.69, 9.17) is 0 Å². The molecule has 2 heteroatoms. The molecule has 0 aromatic carbocycles. The van der Waals surface area contributed by atoms with Crippen LogP contribution in [-0.2, 0) is 6.54 Å². The van der Waals surface area contributed by atoms with E-state index >= 15 is 0 Å². The van der Waals surface area contributed by atoms with Gasteiger partial charge in [0.05, 0.1) is 11.9 Å². The molecular weight excluding hydrogens is 172 g/mol. The highest BCUT2D eigenvalue weighted by Gasteiger charge is 2.11. The first-order valence-corrected chi connectivity index (χ1v) is 5.29. The highest BCUT2D eigenvalue weighted by atomic mass is 15.1. The van der Waals surface area contributed by atoms with E-state index in [9.17, 15) is 0 Å². The Balaban J connectivity index is 3.13. The molecule has 0 fully saturated rings. The van der Waals surface area contributed by atoms with E-state index in [2.05, 4.69) is 36.9 Å². The van der Waals surface area contributed by atoms with E-state index < -0.39 is 0 Å². The van der Waals surface area contributed by atoms with Gasteiger partial charge in [-0.15, -0.1) is 0 Å². The van der Waals surface area contributed by atoms with Crippen molar-refractivity contribution >= 4 is 5.57 Å². The summed E-state index contributed by atoms with van der Waals surface area (Å²) in [5, 5.41) is 0. The molecule has 1 heterocycles. The summed E-state index contributed by atoms with van der Waals surface area (Å²) < 4.78 is 2.28. The number of rotatable bonds is 4. The van der Waals surface area contributed by atoms with E-state index in [0.717, 1.165) is 18.5 Å². The van der Waals surface area contributed by atoms with Crippen molar-refractivity contribution in [3.8, 4) is 0 Å². The van der Waals surface area contributed by atoms with Gasteiger partial charge >= 0.3 is 0 Å². The lowest BCUT2D eigenvalue weighted by Crippen LogP contribution is -2.07. The highest BCUT2D eigenvalue weighted by molar-refractivity contribution is 5.57. The number of hydrogen-bond donors (Lipinski definition) is 0. The topological polar surface area (TPSA) is 17.8 Å². The van der Waals surface area contributed by atoms with Crippen molar-refractivity contribution in [1.29, 1.82) is 0 Å². The molecule has 0 saturated carbocycles. The monoisotopic (exact) mass is 192 g/mol. The zero-order chi connectivity index (χ0) is 10.7. The fourth-order valence-corrected chi connectivity index (χ4v) is 1.65. The zero-order valence-electron chi connectivity index (χ0n) is 9.67. The summed E-state index contributed by atoms with van der Waals surface area (Å²) in [4.78, 5) is 4.46. The third-order valence-corrected chi connectivity index (χ3v) is 2.29. The first-order valence-electron chi connectivity index (χ1n) is 5.29. The van der Waals surface area contributed by atoms with Crippen LogP contribution < -0.4 is 0 Å². The molecule has 14 heavy (non-hydrogen) atoms. The molecule has 0 saturated heterocycles. The SMILES string of the molecule is C=C(C)c1cnc(C(C)C)n1CCC. The molecule has 2 nitrogen and oxygen atoms in total. The van der Waals surface area contributed by atoms with Crippen LogP contribution in [0.15, 0.2) is 12.8 Å². The van der Waals surface area contributed by atoms with Crippen molar-refractivity contribution in [3.05, 3.63) is 24.3 Å². The Bertz CT molecular complexity index is 321. The molecule has 0 aliphatic rings. The number of imidazole rings is 1. The lowest BCUT2D eigenvalue weighted by Gasteiger charge is -2.12. The van der Waals surface area contributed by atoms with Crippen molar-refractivity contribution in [2.75, 3.05) is 0 Å². The van der Waals surface area contributed by atoms with Crippen LogP contribution in [0.3, 0.4) is 0 Å². The quantitative estimate of drug-likeness (QED) is 0.714. The summed E-state index contributed by atoms with van der Waals surface area (Å²) >= 11 is 0. The summed E-state index contributed by atoms with van der Waals surface area (Å²) in [7, 11) is 0. The highest BCUT2D eigenvalue weighted by Crippen LogP contribution is 2.20. The summed E-state index contributed by atoms with van der Waals surface area (Å²) in [6.07, 6.45) is 3.07. The largest absolute Gasteiger partial charge is 0.328 e. The van der Waals surface area contributed by atoms with Gasteiger partial charge < -0.3 is 4.57 Å². The van der Waals surface area contributed by atoms with Crippen molar-refractivity contribution < 1.29 is 0 Å². The second-order valence-corrected chi connectivity index (χ2v) is 4.09. The molecule has 78 valence electrons. The number of hydrogen-bond acceptors (Lipinski definition) is 1. The Kier molecular flexibility index (Phi) is 3.50. The van der Waals surface area contributed by atoms with Gasteiger partial charge in [-0.2, -0.15) is 0 Å². The van der Waals surface area contributed by atoms with E-state index in [1.165, 1.54) is 11.5 Å². The van der Waals surface area contributed by atoms with Crippen LogP contribution in [0.2, 0.25) is 0 Å². The normalized spacial score (nSPS) is 10.9. The minimum atomic E-state index is 0.481. The van der Waals surface area contributed by atoms with E-state index in [1.807, 2.05) is 13.1 Å². The smallest absolute Gasteiger partial charge is 0.111 e. The summed E-state index contributed by atoms with van der Waals surface area (Å²) in [6.45, 7) is 13.6. The number of allylic oxidation sites excluding steroid dienone is 1. The lowest BCUT2D eigenvalue weighted by atomic mass is 10.2. The van der Waals surface area contributed by atoms with Gasteiger partial charge in [-0.05, 0) is 18.9 Å². The number of nitrogens with zero attached hydrogens (tertiary/aromatic N) is 2. The van der Waals surface area contributed by atoms with Gasteiger partial charge in [0.15, 0.2) is 0 Å². The fourth-order valence-electron chi connectivity index (χ4n) is 1.65. The van der Waals surface area contributed by atoms with Gasteiger partial charge in [0.1, 0.15) is 5.82 Å². The summed E-state index contributed by atoms with van der Waals surface area (Å²) in [5.74, 6) is 1.65. The molecule has 0 amide bonds. The van der Waals surface area contributed by atoms with Gasteiger partial charge in [-0.1, -0.05) is 27.4 Å². The second kappa shape index (κ2) is 4.45. The molecule has 0 aliphatic carbocycles. The molecule has 0 radical (unpaired) electrons. The summed E-state index contributed by atoms with van der Waals surface area (Å²) in [6, 6.07) is 0. The van der Waals surface area contributed by atoms with Crippen molar-refractivity contribution in [2.45, 2.75) is 46.6 Å². The Morgan fingerprint density at radius 2 is 2.21 bits per heavy atom. The van der Waals surface area contributed by atoms with Gasteiger partial charge in [-0.25, -0.2) is 4.98 Å². The van der Waals surface area contributed by atoms with Gasteiger partial charge in [0.2, 0.25) is 0 Å². The molecule has 1 rings (SSSR count). The minimum Gasteiger partial charge on any atom is -0.328 e. The maximum Gasteiger partial charge on any atom is 0.111 e. The standard InChI is InChI=1S/C12H20N2/c1-6-7-14-11(9(2)3)8-13-12(14)10(4)5/h8,10H,2,6-7H2,1,3-5H3. The van der Waals surface area contributed by atoms with Crippen LogP contribution in [-0.4, -0.2) is 9.55 Å². The van der Waals surface area contributed by atoms with Crippen LogP contribution in [0.5, 0.6) is 0 Å². The molecule has 1 aromatic rings. The molecular formula is C12H20N2. The maximum absolute atomic E-state index is 4.46. The molecule has 0 atom stereocenters. The third-order valence-electron chi connectivity index (χ3n) is 2.29. The Morgan fingerprint density at radius 3 is 2.64 bits per heavy atom.